The number of benzene rings is 1. The van der Waals surface area contributed by atoms with E-state index in [1.54, 1.807) is 23.9 Å². The smallest absolute Gasteiger partial charge is 0.184 e. The fraction of sp³-hybridized carbons (Fsp3) is 0.286. The number of hydrazine groups is 1. The summed E-state index contributed by atoms with van der Waals surface area (Å²) in [4.78, 5) is 5.98. The Labute approximate surface area is 126 Å². The van der Waals surface area contributed by atoms with Gasteiger partial charge in [-0.3, -0.25) is 5.01 Å². The lowest BCUT2D eigenvalue weighted by Gasteiger charge is -2.28. The molecule has 0 spiro atoms. The van der Waals surface area contributed by atoms with Gasteiger partial charge in [-0.15, -0.1) is 0 Å². The highest BCUT2D eigenvalue weighted by Crippen LogP contribution is 2.31. The molecule has 3 rings (SSSR count). The number of halogens is 1. The average Bonchev–Trinajstić information content (AvgIpc) is 2.84. The Balaban J connectivity index is 1.74. The second-order valence-electron chi connectivity index (χ2n) is 4.63. The van der Waals surface area contributed by atoms with E-state index in [2.05, 4.69) is 15.4 Å². The van der Waals surface area contributed by atoms with Crippen molar-refractivity contribution in [2.75, 3.05) is 13.1 Å². The molecule has 1 saturated heterocycles. The van der Waals surface area contributed by atoms with E-state index in [-0.39, 0.29) is 5.82 Å². The number of thioether (sulfide) groups is 1. The van der Waals surface area contributed by atoms with Gasteiger partial charge in [0.2, 0.25) is 0 Å². The normalized spacial score (nSPS) is 21.4. The Morgan fingerprint density at radius 1 is 1.30 bits per heavy atom. The standard InChI is InChI=1S/C14H14FN3S2/c15-11-5-3-10(4-6-11)9-12-13(19)17-14(20-12)18-8-2-1-7-16-18/h3-6,9,16H,1-2,7-8H2/b12-9-. The van der Waals surface area contributed by atoms with Gasteiger partial charge in [0.15, 0.2) is 5.17 Å². The Morgan fingerprint density at radius 3 is 2.80 bits per heavy atom. The molecule has 20 heavy (non-hydrogen) atoms. The summed E-state index contributed by atoms with van der Waals surface area (Å²) in [5.41, 5.74) is 4.25. The van der Waals surface area contributed by atoms with E-state index in [1.807, 2.05) is 6.08 Å². The molecule has 0 unspecified atom stereocenters. The van der Waals surface area contributed by atoms with Crippen molar-refractivity contribution in [1.82, 2.24) is 10.4 Å². The van der Waals surface area contributed by atoms with Gasteiger partial charge in [-0.1, -0.05) is 24.4 Å². The van der Waals surface area contributed by atoms with Gasteiger partial charge in [-0.05, 0) is 48.4 Å². The Hall–Kier alpha value is -1.24. The average molecular weight is 307 g/mol. The van der Waals surface area contributed by atoms with Gasteiger partial charge in [0, 0.05) is 13.1 Å². The quantitative estimate of drug-likeness (QED) is 0.637. The predicted octanol–water partition coefficient (Wildman–Crippen LogP) is 3.20. The second kappa shape index (κ2) is 6.03. The van der Waals surface area contributed by atoms with Crippen LogP contribution in [0.1, 0.15) is 18.4 Å². The van der Waals surface area contributed by atoms with Crippen LogP contribution >= 0.6 is 24.0 Å². The molecule has 0 bridgehead atoms. The number of thiocarbonyl (C=S) groups is 1. The zero-order valence-electron chi connectivity index (χ0n) is 10.8. The van der Waals surface area contributed by atoms with Gasteiger partial charge in [-0.25, -0.2) is 14.8 Å². The number of hydrogen-bond acceptors (Lipinski definition) is 4. The van der Waals surface area contributed by atoms with Crippen molar-refractivity contribution < 1.29 is 4.39 Å². The van der Waals surface area contributed by atoms with Crippen molar-refractivity contribution in [3.05, 3.63) is 40.6 Å². The van der Waals surface area contributed by atoms with Crippen LogP contribution in [0.5, 0.6) is 0 Å². The Morgan fingerprint density at radius 2 is 2.10 bits per heavy atom. The minimum Gasteiger partial charge on any atom is -0.286 e. The third-order valence-corrected chi connectivity index (χ3v) is 4.58. The topological polar surface area (TPSA) is 27.6 Å². The molecule has 2 heterocycles. The van der Waals surface area contributed by atoms with E-state index in [0.29, 0.717) is 4.99 Å². The summed E-state index contributed by atoms with van der Waals surface area (Å²) < 4.78 is 12.9. The van der Waals surface area contributed by atoms with Crippen molar-refractivity contribution in [2.45, 2.75) is 12.8 Å². The molecule has 0 amide bonds. The van der Waals surface area contributed by atoms with Crippen LogP contribution in [0.25, 0.3) is 6.08 Å². The maximum Gasteiger partial charge on any atom is 0.184 e. The minimum absolute atomic E-state index is 0.233. The molecular weight excluding hydrogens is 293 g/mol. The Bertz CT molecular complexity index is 575. The van der Waals surface area contributed by atoms with Crippen LogP contribution in [0.2, 0.25) is 0 Å². The maximum atomic E-state index is 12.9. The van der Waals surface area contributed by atoms with Crippen LogP contribution in [0.4, 0.5) is 4.39 Å². The number of nitrogens with one attached hydrogen (secondary N) is 1. The first-order valence-corrected chi connectivity index (χ1v) is 7.74. The third kappa shape index (κ3) is 3.08. The van der Waals surface area contributed by atoms with E-state index in [0.717, 1.165) is 35.1 Å². The summed E-state index contributed by atoms with van der Waals surface area (Å²) in [5.74, 6) is -0.233. The summed E-state index contributed by atoms with van der Waals surface area (Å²) in [5, 5.41) is 2.97. The molecule has 1 aromatic carbocycles. The van der Waals surface area contributed by atoms with Gasteiger partial charge >= 0.3 is 0 Å². The molecular formula is C14H14FN3S2. The summed E-state index contributed by atoms with van der Waals surface area (Å²) >= 11 is 6.87. The molecule has 1 N–H and O–H groups in total. The third-order valence-electron chi connectivity index (χ3n) is 3.12. The molecule has 0 atom stereocenters. The molecule has 104 valence electrons. The largest absolute Gasteiger partial charge is 0.286 e. The highest BCUT2D eigenvalue weighted by atomic mass is 32.2. The lowest BCUT2D eigenvalue weighted by atomic mass is 10.2. The van der Waals surface area contributed by atoms with Crippen LogP contribution in [0.15, 0.2) is 34.2 Å². The summed E-state index contributed by atoms with van der Waals surface area (Å²) in [7, 11) is 0. The molecule has 1 fully saturated rings. The lowest BCUT2D eigenvalue weighted by Crippen LogP contribution is -2.45. The molecule has 0 aliphatic carbocycles. The Kier molecular flexibility index (Phi) is 4.14. The van der Waals surface area contributed by atoms with E-state index < -0.39 is 0 Å². The SMILES string of the molecule is Fc1ccc(/C=C2\SC(N3CCCCN3)=NC2=S)cc1. The fourth-order valence-electron chi connectivity index (χ4n) is 2.08. The van der Waals surface area contributed by atoms with Crippen LogP contribution in [-0.2, 0) is 0 Å². The lowest BCUT2D eigenvalue weighted by molar-refractivity contribution is 0.262. The van der Waals surface area contributed by atoms with Crippen molar-refractivity contribution >= 4 is 40.2 Å². The van der Waals surface area contributed by atoms with Crippen molar-refractivity contribution in [3.8, 4) is 0 Å². The molecule has 0 aromatic heterocycles. The highest BCUT2D eigenvalue weighted by molar-refractivity contribution is 8.19. The fourth-order valence-corrected chi connectivity index (χ4v) is 3.33. The van der Waals surface area contributed by atoms with Crippen molar-refractivity contribution in [1.29, 1.82) is 0 Å². The zero-order chi connectivity index (χ0) is 13.9. The molecule has 0 saturated carbocycles. The van der Waals surface area contributed by atoms with Gasteiger partial charge in [0.05, 0.1) is 4.91 Å². The molecule has 6 heteroatoms. The van der Waals surface area contributed by atoms with E-state index >= 15 is 0 Å². The first-order chi connectivity index (χ1) is 9.72. The van der Waals surface area contributed by atoms with Crippen LogP contribution in [0.3, 0.4) is 0 Å². The number of aliphatic imine (C=N–C) groups is 1. The van der Waals surface area contributed by atoms with Crippen molar-refractivity contribution in [2.24, 2.45) is 4.99 Å². The number of hydrogen-bond donors (Lipinski definition) is 1. The number of nitrogens with zero attached hydrogens (tertiary/aromatic N) is 2. The molecule has 3 nitrogen and oxygen atoms in total. The summed E-state index contributed by atoms with van der Waals surface area (Å²) in [6.45, 7) is 1.93. The van der Waals surface area contributed by atoms with Gasteiger partial charge in [-0.2, -0.15) is 0 Å². The number of amidine groups is 1. The van der Waals surface area contributed by atoms with Crippen molar-refractivity contribution in [3.63, 3.8) is 0 Å². The van der Waals surface area contributed by atoms with Gasteiger partial charge < -0.3 is 0 Å². The summed E-state index contributed by atoms with van der Waals surface area (Å²) in [6.07, 6.45) is 4.31. The first kappa shape index (κ1) is 13.7. The minimum atomic E-state index is -0.233. The summed E-state index contributed by atoms with van der Waals surface area (Å²) in [6, 6.07) is 6.37. The van der Waals surface area contributed by atoms with E-state index in [4.69, 9.17) is 12.2 Å². The zero-order valence-corrected chi connectivity index (χ0v) is 12.4. The molecule has 2 aliphatic heterocycles. The molecule has 1 aromatic rings. The van der Waals surface area contributed by atoms with Crippen LogP contribution in [0, 0.1) is 5.82 Å². The first-order valence-electron chi connectivity index (χ1n) is 6.51. The predicted molar refractivity (Wildman–Crippen MR) is 85.9 cm³/mol. The van der Waals surface area contributed by atoms with Gasteiger partial charge in [0.25, 0.3) is 0 Å². The highest BCUT2D eigenvalue weighted by Gasteiger charge is 2.24. The monoisotopic (exact) mass is 307 g/mol. The maximum absolute atomic E-state index is 12.9. The van der Waals surface area contributed by atoms with Crippen LogP contribution in [-0.4, -0.2) is 28.3 Å². The number of rotatable bonds is 1. The second-order valence-corrected chi connectivity index (χ2v) is 6.02. The molecule has 0 radical (unpaired) electrons. The van der Waals surface area contributed by atoms with E-state index in [1.165, 1.54) is 18.6 Å². The van der Waals surface area contributed by atoms with E-state index in [9.17, 15) is 4.39 Å². The molecule has 2 aliphatic rings. The van der Waals surface area contributed by atoms with Crippen LogP contribution < -0.4 is 5.43 Å². The van der Waals surface area contributed by atoms with Gasteiger partial charge in [0.1, 0.15) is 10.8 Å².